The summed E-state index contributed by atoms with van der Waals surface area (Å²) in [6.45, 7) is 0. The number of nitrogens with zero attached hydrogens (tertiary/aromatic N) is 3. The number of carbonyl (C=O) groups excluding carboxylic acids is 2. The third-order valence-electron chi connectivity index (χ3n) is 3.85. The zero-order valence-corrected chi connectivity index (χ0v) is 15.9. The van der Waals surface area contributed by atoms with E-state index in [0.717, 1.165) is 11.6 Å². The molecule has 0 N–H and O–H groups in total. The van der Waals surface area contributed by atoms with Crippen LogP contribution in [0.3, 0.4) is 0 Å². The number of ether oxygens (including phenoxy) is 1. The van der Waals surface area contributed by atoms with Gasteiger partial charge in [-0.2, -0.15) is 5.10 Å². The van der Waals surface area contributed by atoms with Crippen LogP contribution in [0.15, 0.2) is 83.6 Å². The number of hydrogen-bond acceptors (Lipinski definition) is 5. The molecule has 0 unspecified atom stereocenters. The van der Waals surface area contributed by atoms with Gasteiger partial charge in [0.15, 0.2) is 0 Å². The van der Waals surface area contributed by atoms with Crippen LogP contribution in [-0.4, -0.2) is 35.3 Å². The van der Waals surface area contributed by atoms with E-state index >= 15 is 0 Å². The molecule has 0 atom stereocenters. The van der Waals surface area contributed by atoms with Crippen LogP contribution in [-0.2, 0) is 14.3 Å². The number of amides is 1. The van der Waals surface area contributed by atoms with Gasteiger partial charge in [-0.15, -0.1) is 0 Å². The predicted octanol–water partition coefficient (Wildman–Crippen LogP) is 3.38. The molecule has 7 heteroatoms. The first-order chi connectivity index (χ1) is 13.6. The van der Waals surface area contributed by atoms with E-state index in [1.165, 1.54) is 23.2 Å². The Morgan fingerprint density at radius 3 is 2.36 bits per heavy atom. The van der Waals surface area contributed by atoms with Gasteiger partial charge in [-0.05, 0) is 36.0 Å². The number of rotatable bonds is 5. The first-order valence-electron chi connectivity index (χ1n) is 8.41. The lowest BCUT2D eigenvalue weighted by Gasteiger charge is -2.15. The summed E-state index contributed by atoms with van der Waals surface area (Å²) in [5.41, 5.74) is 1.61. The van der Waals surface area contributed by atoms with Gasteiger partial charge >= 0.3 is 5.97 Å². The van der Waals surface area contributed by atoms with Crippen LogP contribution in [0.2, 0.25) is 0 Å². The van der Waals surface area contributed by atoms with Gasteiger partial charge < -0.3 is 4.74 Å². The fourth-order valence-corrected chi connectivity index (χ4v) is 2.86. The van der Waals surface area contributed by atoms with E-state index in [9.17, 15) is 9.59 Å². The summed E-state index contributed by atoms with van der Waals surface area (Å²) in [4.78, 5) is 25.9. The number of thiocarbonyl (C=S) groups is 1. The maximum absolute atomic E-state index is 12.9. The zero-order valence-electron chi connectivity index (χ0n) is 15.1. The Morgan fingerprint density at radius 1 is 1.07 bits per heavy atom. The highest BCUT2D eigenvalue weighted by molar-refractivity contribution is 7.80. The van der Waals surface area contributed by atoms with E-state index < -0.39 is 11.9 Å². The molecule has 1 aliphatic rings. The Morgan fingerprint density at radius 2 is 1.71 bits per heavy atom. The largest absolute Gasteiger partial charge is 0.466 e. The molecule has 0 saturated carbocycles. The molecule has 0 spiro atoms. The molecule has 0 bridgehead atoms. The van der Waals surface area contributed by atoms with Crippen molar-refractivity contribution in [2.24, 2.45) is 5.10 Å². The molecule has 1 saturated heterocycles. The van der Waals surface area contributed by atoms with Gasteiger partial charge in [-0.1, -0.05) is 54.6 Å². The molecule has 1 fully saturated rings. The molecule has 0 aliphatic carbocycles. The molecular formula is C21H17N3O3S. The van der Waals surface area contributed by atoms with E-state index in [1.807, 2.05) is 42.5 Å². The Hall–Kier alpha value is -3.58. The lowest BCUT2D eigenvalue weighted by molar-refractivity contribution is -0.135. The average molecular weight is 391 g/mol. The van der Waals surface area contributed by atoms with Crippen molar-refractivity contribution < 1.29 is 14.3 Å². The molecule has 28 heavy (non-hydrogen) atoms. The summed E-state index contributed by atoms with van der Waals surface area (Å²) in [6, 6.07) is 18.6. The fraction of sp³-hybridized carbons (Fsp3) is 0.0476. The molecule has 2 aromatic carbocycles. The Kier molecular flexibility index (Phi) is 6.08. The second-order valence-electron chi connectivity index (χ2n) is 5.66. The smallest absolute Gasteiger partial charge is 0.332 e. The maximum atomic E-state index is 12.9. The van der Waals surface area contributed by atoms with Crippen LogP contribution in [0.5, 0.6) is 0 Å². The summed E-state index contributed by atoms with van der Waals surface area (Å²) in [5.74, 6) is -1.12. The highest BCUT2D eigenvalue weighted by Crippen LogP contribution is 2.27. The van der Waals surface area contributed by atoms with E-state index in [0.29, 0.717) is 5.69 Å². The van der Waals surface area contributed by atoms with Crippen LogP contribution in [0, 0.1) is 0 Å². The normalized spacial score (nSPS) is 16.0. The van der Waals surface area contributed by atoms with Crippen molar-refractivity contribution in [2.45, 2.75) is 0 Å². The highest BCUT2D eigenvalue weighted by Gasteiger charge is 2.39. The Bertz CT molecular complexity index is 969. The third-order valence-corrected chi connectivity index (χ3v) is 4.20. The maximum Gasteiger partial charge on any atom is 0.332 e. The number of carbonyl (C=O) groups is 2. The average Bonchev–Trinajstić information content (AvgIpc) is 2.96. The van der Waals surface area contributed by atoms with E-state index in [4.69, 9.17) is 12.2 Å². The molecule has 1 amide bonds. The Labute approximate surface area is 168 Å². The summed E-state index contributed by atoms with van der Waals surface area (Å²) in [5, 5.41) is 5.65. The molecule has 1 aliphatic heterocycles. The van der Waals surface area contributed by atoms with Crippen molar-refractivity contribution in [1.82, 2.24) is 5.01 Å². The number of esters is 1. The van der Waals surface area contributed by atoms with E-state index in [-0.39, 0.29) is 10.8 Å². The summed E-state index contributed by atoms with van der Waals surface area (Å²) in [6.07, 6.45) is 6.18. The van der Waals surface area contributed by atoms with Gasteiger partial charge in [0.25, 0.3) is 5.91 Å². The van der Waals surface area contributed by atoms with Crippen LogP contribution >= 0.6 is 12.2 Å². The van der Waals surface area contributed by atoms with Crippen LogP contribution < -0.4 is 4.90 Å². The minimum absolute atomic E-state index is 0.0186. The number of anilines is 1. The fourth-order valence-electron chi connectivity index (χ4n) is 2.52. The number of methoxy groups -OCH3 is 1. The quantitative estimate of drug-likeness (QED) is 0.338. The molecule has 140 valence electrons. The number of hydrazone groups is 1. The first kappa shape index (κ1) is 19.2. The Balaban J connectivity index is 1.90. The van der Waals surface area contributed by atoms with E-state index in [2.05, 4.69) is 9.84 Å². The minimum Gasteiger partial charge on any atom is -0.466 e. The summed E-state index contributed by atoms with van der Waals surface area (Å²) < 4.78 is 4.65. The number of hydrogen-bond donors (Lipinski definition) is 0. The lowest BCUT2D eigenvalue weighted by Crippen LogP contribution is -2.30. The number of para-hydroxylation sites is 1. The molecule has 0 radical (unpaired) electrons. The number of allylic oxidation sites excluding steroid dienone is 1. The van der Waals surface area contributed by atoms with Crippen molar-refractivity contribution in [3.05, 3.63) is 84.1 Å². The first-order valence-corrected chi connectivity index (χ1v) is 8.81. The van der Waals surface area contributed by atoms with Gasteiger partial charge in [-0.25, -0.2) is 14.7 Å². The highest BCUT2D eigenvalue weighted by atomic mass is 32.1. The molecule has 3 rings (SSSR count). The topological polar surface area (TPSA) is 62.2 Å². The molecule has 0 aromatic heterocycles. The minimum atomic E-state index is -0.666. The van der Waals surface area contributed by atoms with Gasteiger partial charge in [0.1, 0.15) is 5.70 Å². The summed E-state index contributed by atoms with van der Waals surface area (Å²) in [7, 11) is 1.24. The van der Waals surface area contributed by atoms with Gasteiger partial charge in [0.05, 0.1) is 18.9 Å². The van der Waals surface area contributed by atoms with Crippen LogP contribution in [0.1, 0.15) is 5.56 Å². The van der Waals surface area contributed by atoms with Crippen molar-refractivity contribution in [3.63, 3.8) is 0 Å². The molecule has 6 nitrogen and oxygen atoms in total. The lowest BCUT2D eigenvalue weighted by atomic mass is 10.2. The summed E-state index contributed by atoms with van der Waals surface area (Å²) >= 11 is 5.43. The SMILES string of the molecule is COC(=O)/C=C1\C(=O)N(c2ccccc2)C(=S)N1/N=C/C=C/c1ccccc1. The van der Waals surface area contributed by atoms with Crippen LogP contribution in [0.25, 0.3) is 6.08 Å². The molecular weight excluding hydrogens is 374 g/mol. The van der Waals surface area contributed by atoms with Gasteiger partial charge in [0.2, 0.25) is 5.11 Å². The van der Waals surface area contributed by atoms with Crippen molar-refractivity contribution >= 4 is 47.2 Å². The van der Waals surface area contributed by atoms with Crippen molar-refractivity contribution in [2.75, 3.05) is 12.0 Å². The van der Waals surface area contributed by atoms with E-state index in [1.54, 1.807) is 30.3 Å². The standard InChI is InChI=1S/C21H17N3O3S/c1-27-19(25)15-18-20(26)23(17-12-6-3-7-13-17)21(28)24(18)22-14-8-11-16-9-4-2-5-10-16/h2-15H,1H3/b11-8+,18-15+,22-14+. The second kappa shape index (κ2) is 8.88. The van der Waals surface area contributed by atoms with Crippen molar-refractivity contribution in [1.29, 1.82) is 0 Å². The molecule has 1 heterocycles. The van der Waals surface area contributed by atoms with Crippen LogP contribution in [0.4, 0.5) is 5.69 Å². The predicted molar refractivity (Wildman–Crippen MR) is 112 cm³/mol. The second-order valence-corrected chi connectivity index (χ2v) is 6.02. The van der Waals surface area contributed by atoms with Crippen molar-refractivity contribution in [3.8, 4) is 0 Å². The monoisotopic (exact) mass is 391 g/mol. The molecule has 2 aromatic rings. The third kappa shape index (κ3) is 4.21. The zero-order chi connectivity index (χ0) is 19.9. The van der Waals surface area contributed by atoms with Gasteiger partial charge in [0, 0.05) is 6.21 Å². The number of benzene rings is 2. The van der Waals surface area contributed by atoms with Gasteiger partial charge in [-0.3, -0.25) is 4.79 Å².